The third-order valence-corrected chi connectivity index (χ3v) is 5.91. The van der Waals surface area contributed by atoms with E-state index in [0.29, 0.717) is 11.3 Å². The van der Waals surface area contributed by atoms with Crippen molar-refractivity contribution in [1.82, 2.24) is 0 Å². The van der Waals surface area contributed by atoms with Crippen LogP contribution in [0.2, 0.25) is 0 Å². The number of carbonyl (C=O) groups excluding carboxylic acids is 2. The van der Waals surface area contributed by atoms with E-state index in [-0.39, 0.29) is 27.3 Å². The van der Waals surface area contributed by atoms with Gasteiger partial charge in [0.2, 0.25) is 0 Å². The third-order valence-electron chi connectivity index (χ3n) is 2.93. The molecule has 2 atom stereocenters. The highest BCUT2D eigenvalue weighted by molar-refractivity contribution is 9.10. The van der Waals surface area contributed by atoms with E-state index in [4.69, 9.17) is 0 Å². The first-order valence-electron chi connectivity index (χ1n) is 5.32. The lowest BCUT2D eigenvalue weighted by Crippen LogP contribution is -2.16. The lowest BCUT2D eigenvalue weighted by atomic mass is 10.1. The Bertz CT molecular complexity index is 517. The summed E-state index contributed by atoms with van der Waals surface area (Å²) in [5, 5.41) is 0.175. The number of hydrogen-bond acceptors (Lipinski definition) is 2. The van der Waals surface area contributed by atoms with E-state index in [1.807, 2.05) is 30.5 Å². The van der Waals surface area contributed by atoms with Crippen LogP contribution in [0, 0.1) is 0 Å². The molecule has 0 aromatic heterocycles. The van der Waals surface area contributed by atoms with Crippen molar-refractivity contribution in [3.05, 3.63) is 34.3 Å². The molecule has 4 heteroatoms. The summed E-state index contributed by atoms with van der Waals surface area (Å²) < 4.78 is 1.03. The van der Waals surface area contributed by atoms with Gasteiger partial charge in [0.05, 0.1) is 4.86 Å². The maximum Gasteiger partial charge on any atom is 0.173 e. The topological polar surface area (TPSA) is 34.1 Å². The molecule has 0 bridgehead atoms. The smallest absolute Gasteiger partial charge is 0.173 e. The second-order valence-corrected chi connectivity index (χ2v) is 7.12. The van der Waals surface area contributed by atoms with E-state index in [1.54, 1.807) is 0 Å². The van der Waals surface area contributed by atoms with Gasteiger partial charge in [0.1, 0.15) is 0 Å². The molecule has 0 aliphatic carbocycles. The zero-order valence-electron chi connectivity index (χ0n) is 9.70. The fourth-order valence-corrected chi connectivity index (χ4v) is 4.54. The van der Waals surface area contributed by atoms with E-state index in [0.717, 1.165) is 10.0 Å². The fourth-order valence-electron chi connectivity index (χ4n) is 2.13. The molecule has 1 aliphatic rings. The van der Waals surface area contributed by atoms with Gasteiger partial charge in [-0.2, -0.15) is 10.5 Å². The van der Waals surface area contributed by atoms with Crippen LogP contribution in [0.5, 0.6) is 0 Å². The number of carbonyl (C=O) groups is 2. The Morgan fingerprint density at radius 1 is 1.35 bits per heavy atom. The first-order valence-corrected chi connectivity index (χ1v) is 7.81. The zero-order chi connectivity index (χ0) is 12.6. The molecule has 0 amide bonds. The van der Waals surface area contributed by atoms with Crippen LogP contribution in [0.1, 0.15) is 24.2 Å². The SMILES string of the molecule is CC(=O)C1=S(C)C(c2ccc(Br)cc2)CC1=O. The van der Waals surface area contributed by atoms with E-state index in [9.17, 15) is 9.59 Å². The fraction of sp³-hybridized carbons (Fsp3) is 0.308. The largest absolute Gasteiger partial charge is 0.294 e. The van der Waals surface area contributed by atoms with Crippen molar-refractivity contribution in [3.8, 4) is 0 Å². The Morgan fingerprint density at radius 2 is 1.94 bits per heavy atom. The summed E-state index contributed by atoms with van der Waals surface area (Å²) in [5.74, 6) is -0.0447. The van der Waals surface area contributed by atoms with Gasteiger partial charge in [0.15, 0.2) is 11.6 Å². The van der Waals surface area contributed by atoms with Gasteiger partial charge in [-0.15, -0.1) is 0 Å². The first kappa shape index (κ1) is 12.7. The molecule has 1 heterocycles. The molecule has 2 nitrogen and oxygen atoms in total. The Labute approximate surface area is 111 Å². The summed E-state index contributed by atoms with van der Waals surface area (Å²) >= 11 is 3.39. The highest BCUT2D eigenvalue weighted by Gasteiger charge is 2.32. The van der Waals surface area contributed by atoms with Gasteiger partial charge in [-0.25, -0.2) is 0 Å². The van der Waals surface area contributed by atoms with Crippen LogP contribution < -0.4 is 0 Å². The Morgan fingerprint density at radius 3 is 2.41 bits per heavy atom. The van der Waals surface area contributed by atoms with Crippen molar-refractivity contribution in [2.75, 3.05) is 6.26 Å². The van der Waals surface area contributed by atoms with E-state index in [2.05, 4.69) is 15.9 Å². The standard InChI is InChI=1S/C13H13BrO2S/c1-8(15)13-11(16)7-12(17(13)2)9-3-5-10(14)6-4-9/h3-6,12H,7H2,1-2H3. The van der Waals surface area contributed by atoms with Crippen LogP contribution in [0.15, 0.2) is 28.7 Å². The highest BCUT2D eigenvalue weighted by atomic mass is 79.9. The van der Waals surface area contributed by atoms with E-state index < -0.39 is 0 Å². The number of hydrogen-bond donors (Lipinski definition) is 0. The number of benzene rings is 1. The molecule has 1 aromatic carbocycles. The molecule has 1 aromatic rings. The molecule has 1 aliphatic heterocycles. The van der Waals surface area contributed by atoms with Crippen molar-refractivity contribution in [3.63, 3.8) is 0 Å². The number of rotatable bonds is 2. The van der Waals surface area contributed by atoms with Crippen LogP contribution in [0.4, 0.5) is 0 Å². The normalized spacial score (nSPS) is 24.2. The molecule has 0 radical (unpaired) electrons. The minimum atomic E-state index is -0.264. The molecule has 0 N–H and O–H groups in total. The lowest BCUT2D eigenvalue weighted by Gasteiger charge is -2.12. The zero-order valence-corrected chi connectivity index (χ0v) is 12.1. The summed E-state index contributed by atoms with van der Waals surface area (Å²) in [4.78, 5) is 23.8. The average molecular weight is 313 g/mol. The van der Waals surface area contributed by atoms with Gasteiger partial charge in [0, 0.05) is 16.1 Å². The molecular formula is C13H13BrO2S. The Balaban J connectivity index is 2.40. The molecule has 0 saturated carbocycles. The number of ketones is 2. The van der Waals surface area contributed by atoms with Crippen molar-refractivity contribution in [2.24, 2.45) is 0 Å². The molecule has 90 valence electrons. The average Bonchev–Trinajstić information content (AvgIpc) is 2.55. The van der Waals surface area contributed by atoms with E-state index >= 15 is 0 Å². The van der Waals surface area contributed by atoms with Crippen molar-refractivity contribution < 1.29 is 9.59 Å². The van der Waals surface area contributed by atoms with Gasteiger partial charge in [-0.05, 0) is 30.9 Å². The molecule has 0 fully saturated rings. The maximum atomic E-state index is 11.8. The van der Waals surface area contributed by atoms with Crippen molar-refractivity contribution in [1.29, 1.82) is 0 Å². The molecule has 0 spiro atoms. The minimum absolute atomic E-state index is 0.0243. The first-order chi connectivity index (χ1) is 8.00. The summed E-state index contributed by atoms with van der Waals surface area (Å²) in [6, 6.07) is 7.99. The van der Waals surface area contributed by atoms with Gasteiger partial charge < -0.3 is 0 Å². The number of Topliss-reactive ketones (excluding diaryl/α,β-unsaturated/α-hetero) is 2. The van der Waals surface area contributed by atoms with Crippen LogP contribution >= 0.6 is 26.4 Å². The second kappa shape index (κ2) is 4.86. The van der Waals surface area contributed by atoms with Gasteiger partial charge in [-0.1, -0.05) is 28.1 Å². The van der Waals surface area contributed by atoms with Crippen LogP contribution in [0.25, 0.3) is 0 Å². The molecular weight excluding hydrogens is 300 g/mol. The van der Waals surface area contributed by atoms with Gasteiger partial charge in [-0.3, -0.25) is 9.59 Å². The highest BCUT2D eigenvalue weighted by Crippen LogP contribution is 2.42. The number of halogens is 1. The van der Waals surface area contributed by atoms with E-state index in [1.165, 1.54) is 6.92 Å². The summed E-state index contributed by atoms with van der Waals surface area (Å²) in [5.41, 5.74) is 1.14. The lowest BCUT2D eigenvalue weighted by molar-refractivity contribution is -0.115. The van der Waals surface area contributed by atoms with Crippen molar-refractivity contribution in [2.45, 2.75) is 18.6 Å². The maximum absolute atomic E-state index is 11.8. The van der Waals surface area contributed by atoms with Crippen molar-refractivity contribution >= 4 is 42.8 Å². The minimum Gasteiger partial charge on any atom is -0.294 e. The van der Waals surface area contributed by atoms with Gasteiger partial charge >= 0.3 is 0 Å². The summed E-state index contributed by atoms with van der Waals surface area (Å²) in [6.45, 7) is 1.49. The summed E-state index contributed by atoms with van der Waals surface area (Å²) in [6.07, 6.45) is 2.46. The Hall–Kier alpha value is -0.740. The Kier molecular flexibility index (Phi) is 3.64. The molecule has 17 heavy (non-hydrogen) atoms. The summed E-state index contributed by atoms with van der Waals surface area (Å²) in [7, 11) is -0.264. The quantitative estimate of drug-likeness (QED) is 0.786. The molecule has 2 rings (SSSR count). The monoisotopic (exact) mass is 312 g/mol. The predicted molar refractivity (Wildman–Crippen MR) is 75.7 cm³/mol. The predicted octanol–water partition coefficient (Wildman–Crippen LogP) is 3.12. The second-order valence-electron chi connectivity index (χ2n) is 4.11. The molecule has 0 saturated heterocycles. The van der Waals surface area contributed by atoms with Gasteiger partial charge in [0.25, 0.3) is 0 Å². The van der Waals surface area contributed by atoms with Crippen LogP contribution in [-0.2, 0) is 9.59 Å². The van der Waals surface area contributed by atoms with Crippen LogP contribution in [-0.4, -0.2) is 22.7 Å². The van der Waals surface area contributed by atoms with Crippen LogP contribution in [0.3, 0.4) is 0 Å². The third kappa shape index (κ3) is 2.43. The molecule has 2 unspecified atom stereocenters.